The molecule has 0 saturated carbocycles. The molecule has 25 heavy (non-hydrogen) atoms. The number of hydrogen-bond donors (Lipinski definition) is 2. The highest BCUT2D eigenvalue weighted by Gasteiger charge is 2.19. The second-order valence-corrected chi connectivity index (χ2v) is 6.32. The van der Waals surface area contributed by atoms with Crippen LogP contribution in [0.1, 0.15) is 35.9 Å². The Hall–Kier alpha value is -2.76. The van der Waals surface area contributed by atoms with Crippen LogP contribution in [0.3, 0.4) is 0 Å². The molecule has 1 aromatic carbocycles. The number of nitrogens with one attached hydrogen (secondary N) is 2. The van der Waals surface area contributed by atoms with E-state index in [-0.39, 0.29) is 11.8 Å². The molecule has 0 bridgehead atoms. The first kappa shape index (κ1) is 17.1. The standard InChI is InChI=1S/C19H23N3O3/c1-13(20-19(24)17-8-11-25-14(17)2)18(23)21-15-6-5-7-16(12-15)22-9-3-4-10-22/h5-8,11-13H,3-4,9-10H2,1-2H3,(H,20,24)(H,21,23)/t13-/m1/s1. The summed E-state index contributed by atoms with van der Waals surface area (Å²) in [6.45, 7) is 5.47. The Morgan fingerprint density at radius 2 is 1.96 bits per heavy atom. The molecule has 0 unspecified atom stereocenters. The van der Waals surface area contributed by atoms with Crippen LogP contribution in [0.2, 0.25) is 0 Å². The first-order valence-corrected chi connectivity index (χ1v) is 8.55. The van der Waals surface area contributed by atoms with Crippen LogP contribution in [0.15, 0.2) is 41.0 Å². The van der Waals surface area contributed by atoms with Crippen LogP contribution in [-0.2, 0) is 4.79 Å². The highest BCUT2D eigenvalue weighted by Crippen LogP contribution is 2.23. The molecule has 6 heteroatoms. The van der Waals surface area contributed by atoms with E-state index >= 15 is 0 Å². The van der Waals surface area contributed by atoms with Gasteiger partial charge >= 0.3 is 0 Å². The van der Waals surface area contributed by atoms with E-state index in [2.05, 4.69) is 15.5 Å². The molecule has 1 aliphatic heterocycles. The smallest absolute Gasteiger partial charge is 0.255 e. The molecule has 0 aliphatic carbocycles. The van der Waals surface area contributed by atoms with Crippen molar-refractivity contribution in [3.05, 3.63) is 47.9 Å². The van der Waals surface area contributed by atoms with Crippen molar-refractivity contribution in [3.63, 3.8) is 0 Å². The van der Waals surface area contributed by atoms with Gasteiger partial charge in [-0.1, -0.05) is 6.07 Å². The summed E-state index contributed by atoms with van der Waals surface area (Å²) in [5, 5.41) is 5.56. The fourth-order valence-corrected chi connectivity index (χ4v) is 2.97. The summed E-state index contributed by atoms with van der Waals surface area (Å²) in [6, 6.07) is 8.74. The van der Waals surface area contributed by atoms with Crippen molar-refractivity contribution >= 4 is 23.2 Å². The SMILES string of the molecule is Cc1occc1C(=O)N[C@H](C)C(=O)Nc1cccc(N2CCCC2)c1. The van der Waals surface area contributed by atoms with Gasteiger partial charge in [-0.15, -0.1) is 0 Å². The van der Waals surface area contributed by atoms with Crippen LogP contribution in [0.5, 0.6) is 0 Å². The maximum Gasteiger partial charge on any atom is 0.255 e. The summed E-state index contributed by atoms with van der Waals surface area (Å²) in [4.78, 5) is 26.8. The van der Waals surface area contributed by atoms with Gasteiger partial charge < -0.3 is 20.0 Å². The molecule has 1 fully saturated rings. The average Bonchev–Trinajstić information content (AvgIpc) is 3.26. The molecule has 0 radical (unpaired) electrons. The average molecular weight is 341 g/mol. The minimum absolute atomic E-state index is 0.256. The van der Waals surface area contributed by atoms with Crippen molar-refractivity contribution < 1.29 is 14.0 Å². The minimum Gasteiger partial charge on any atom is -0.469 e. The first-order valence-electron chi connectivity index (χ1n) is 8.55. The molecular weight excluding hydrogens is 318 g/mol. The molecule has 3 rings (SSSR count). The van der Waals surface area contributed by atoms with Crippen LogP contribution in [0, 0.1) is 6.92 Å². The number of anilines is 2. The van der Waals surface area contributed by atoms with Crippen LogP contribution in [-0.4, -0.2) is 30.9 Å². The lowest BCUT2D eigenvalue weighted by atomic mass is 10.2. The number of furan rings is 1. The Morgan fingerprint density at radius 3 is 2.64 bits per heavy atom. The molecule has 0 spiro atoms. The lowest BCUT2D eigenvalue weighted by Gasteiger charge is -2.19. The number of carbonyl (C=O) groups is 2. The van der Waals surface area contributed by atoms with Gasteiger partial charge in [0, 0.05) is 24.5 Å². The summed E-state index contributed by atoms with van der Waals surface area (Å²) in [7, 11) is 0. The number of aryl methyl sites for hydroxylation is 1. The largest absolute Gasteiger partial charge is 0.469 e. The van der Waals surface area contributed by atoms with E-state index in [9.17, 15) is 9.59 Å². The van der Waals surface area contributed by atoms with Gasteiger partial charge in [0.25, 0.3) is 5.91 Å². The summed E-state index contributed by atoms with van der Waals surface area (Å²) in [5.74, 6) is -0.0452. The molecule has 1 aromatic heterocycles. The lowest BCUT2D eigenvalue weighted by molar-refractivity contribution is -0.117. The van der Waals surface area contributed by atoms with E-state index in [1.165, 1.54) is 19.1 Å². The summed E-state index contributed by atoms with van der Waals surface area (Å²) < 4.78 is 5.12. The van der Waals surface area contributed by atoms with Gasteiger partial charge in [-0.3, -0.25) is 9.59 Å². The summed E-state index contributed by atoms with van der Waals surface area (Å²) in [5.41, 5.74) is 2.28. The van der Waals surface area contributed by atoms with Crippen molar-refractivity contribution in [2.24, 2.45) is 0 Å². The molecule has 2 N–H and O–H groups in total. The molecule has 6 nitrogen and oxygen atoms in total. The number of rotatable bonds is 5. The van der Waals surface area contributed by atoms with E-state index in [4.69, 9.17) is 4.42 Å². The number of amides is 2. The van der Waals surface area contributed by atoms with Crippen molar-refractivity contribution in [3.8, 4) is 0 Å². The quantitative estimate of drug-likeness (QED) is 0.877. The lowest BCUT2D eigenvalue weighted by Crippen LogP contribution is -2.41. The predicted molar refractivity (Wildman–Crippen MR) is 96.9 cm³/mol. The predicted octanol–water partition coefficient (Wildman–Crippen LogP) is 2.95. The molecule has 132 valence electrons. The fourth-order valence-electron chi connectivity index (χ4n) is 2.97. The van der Waals surface area contributed by atoms with Crippen molar-refractivity contribution in [1.29, 1.82) is 0 Å². The number of benzene rings is 1. The molecule has 2 heterocycles. The molecular formula is C19H23N3O3. The van der Waals surface area contributed by atoms with Crippen LogP contribution >= 0.6 is 0 Å². The normalized spacial score (nSPS) is 15.0. The van der Waals surface area contributed by atoms with E-state index in [0.717, 1.165) is 24.5 Å². The molecule has 1 aliphatic rings. The van der Waals surface area contributed by atoms with Crippen LogP contribution < -0.4 is 15.5 Å². The Kier molecular flexibility index (Phi) is 5.07. The van der Waals surface area contributed by atoms with Gasteiger partial charge in [-0.25, -0.2) is 0 Å². The number of nitrogens with zero attached hydrogens (tertiary/aromatic N) is 1. The highest BCUT2D eigenvalue weighted by atomic mass is 16.3. The second kappa shape index (κ2) is 7.42. The first-order chi connectivity index (χ1) is 12.0. The summed E-state index contributed by atoms with van der Waals surface area (Å²) >= 11 is 0. The van der Waals surface area contributed by atoms with E-state index < -0.39 is 6.04 Å². The number of hydrogen-bond acceptors (Lipinski definition) is 4. The van der Waals surface area contributed by atoms with Gasteiger partial charge in [0.1, 0.15) is 11.8 Å². The minimum atomic E-state index is -0.655. The molecule has 2 amide bonds. The van der Waals surface area contributed by atoms with Crippen LogP contribution in [0.4, 0.5) is 11.4 Å². The van der Waals surface area contributed by atoms with Gasteiger partial charge in [-0.05, 0) is 51.0 Å². The molecule has 1 saturated heterocycles. The van der Waals surface area contributed by atoms with E-state index in [0.29, 0.717) is 11.3 Å². The van der Waals surface area contributed by atoms with E-state index in [1.807, 2.05) is 24.3 Å². The monoisotopic (exact) mass is 341 g/mol. The fraction of sp³-hybridized carbons (Fsp3) is 0.368. The zero-order valence-corrected chi connectivity index (χ0v) is 14.5. The Labute approximate surface area is 147 Å². The topological polar surface area (TPSA) is 74.6 Å². The zero-order chi connectivity index (χ0) is 17.8. The van der Waals surface area contributed by atoms with Crippen molar-refractivity contribution in [2.75, 3.05) is 23.3 Å². The Bertz CT molecular complexity index is 763. The van der Waals surface area contributed by atoms with Gasteiger partial charge in [0.15, 0.2) is 0 Å². The van der Waals surface area contributed by atoms with Crippen LogP contribution in [0.25, 0.3) is 0 Å². The molecule has 2 aromatic rings. The van der Waals surface area contributed by atoms with Crippen molar-refractivity contribution in [1.82, 2.24) is 5.32 Å². The third-order valence-corrected chi connectivity index (χ3v) is 4.43. The third-order valence-electron chi connectivity index (χ3n) is 4.43. The van der Waals surface area contributed by atoms with Crippen molar-refractivity contribution in [2.45, 2.75) is 32.7 Å². The maximum absolute atomic E-state index is 12.4. The van der Waals surface area contributed by atoms with Gasteiger partial charge in [0.2, 0.25) is 5.91 Å². The van der Waals surface area contributed by atoms with E-state index in [1.54, 1.807) is 19.9 Å². The summed E-state index contributed by atoms with van der Waals surface area (Å²) in [6.07, 6.45) is 3.86. The van der Waals surface area contributed by atoms with Gasteiger partial charge in [0.05, 0.1) is 11.8 Å². The Morgan fingerprint density at radius 1 is 1.20 bits per heavy atom. The maximum atomic E-state index is 12.4. The molecule has 1 atom stereocenters. The number of carbonyl (C=O) groups excluding carboxylic acids is 2. The zero-order valence-electron chi connectivity index (χ0n) is 14.5. The highest BCUT2D eigenvalue weighted by molar-refractivity contribution is 6.01. The van der Waals surface area contributed by atoms with Gasteiger partial charge in [-0.2, -0.15) is 0 Å². The third kappa shape index (κ3) is 4.02. The second-order valence-electron chi connectivity index (χ2n) is 6.32. The Balaban J connectivity index is 1.60.